The third-order valence-electron chi connectivity index (χ3n) is 3.41. The quantitative estimate of drug-likeness (QED) is 0.606. The molecule has 1 unspecified atom stereocenters. The number of oxime groups is 1. The predicted octanol–water partition coefficient (Wildman–Crippen LogP) is 1.73. The Balaban J connectivity index is 2.45. The number of carbonyl (C=O) groups is 2. The van der Waals surface area contributed by atoms with Gasteiger partial charge in [0.05, 0.1) is 31.1 Å². The van der Waals surface area contributed by atoms with Crippen LogP contribution in [0.25, 0.3) is 0 Å². The van der Waals surface area contributed by atoms with E-state index in [0.717, 1.165) is 6.21 Å². The maximum Gasteiger partial charge on any atom is 0.333 e. The van der Waals surface area contributed by atoms with Gasteiger partial charge in [0, 0.05) is 0 Å². The van der Waals surface area contributed by atoms with E-state index in [9.17, 15) is 9.59 Å². The third-order valence-corrected chi connectivity index (χ3v) is 3.41. The molecule has 1 aliphatic heterocycles. The van der Waals surface area contributed by atoms with Crippen molar-refractivity contribution in [1.29, 1.82) is 5.26 Å². The highest BCUT2D eigenvalue weighted by molar-refractivity contribution is 6.16. The van der Waals surface area contributed by atoms with Crippen molar-refractivity contribution in [3.63, 3.8) is 0 Å². The largest absolute Gasteiger partial charge is 0.465 e. The van der Waals surface area contributed by atoms with Gasteiger partial charge < -0.3 is 14.3 Å². The fraction of sp³-hybridized carbons (Fsp3) is 0.375. The van der Waals surface area contributed by atoms with Crippen LogP contribution in [-0.2, 0) is 23.9 Å². The van der Waals surface area contributed by atoms with Gasteiger partial charge in [0.2, 0.25) is 5.41 Å². The summed E-state index contributed by atoms with van der Waals surface area (Å²) in [6, 6.07) is 8.34. The maximum atomic E-state index is 12.4. The van der Waals surface area contributed by atoms with Crippen LogP contribution in [0.4, 0.5) is 0 Å². The molecule has 0 radical (unpaired) electrons. The average molecular weight is 316 g/mol. The summed E-state index contributed by atoms with van der Waals surface area (Å²) in [5.41, 5.74) is -0.826. The summed E-state index contributed by atoms with van der Waals surface area (Å²) in [6.07, 6.45) is 0.111. The zero-order valence-electron chi connectivity index (χ0n) is 12.8. The van der Waals surface area contributed by atoms with Crippen LogP contribution in [0.15, 0.2) is 29.4 Å². The molecule has 0 aromatic heterocycles. The fourth-order valence-corrected chi connectivity index (χ4v) is 2.29. The lowest BCUT2D eigenvalue weighted by molar-refractivity contribution is -0.173. The Hall–Kier alpha value is -2.88. The van der Waals surface area contributed by atoms with E-state index < -0.39 is 23.5 Å². The van der Waals surface area contributed by atoms with Gasteiger partial charge in [-0.15, -0.1) is 0 Å². The molecule has 0 N–H and O–H groups in total. The molecule has 7 nitrogen and oxygen atoms in total. The Morgan fingerprint density at radius 1 is 1.22 bits per heavy atom. The van der Waals surface area contributed by atoms with Gasteiger partial charge in [-0.25, -0.2) is 0 Å². The lowest BCUT2D eigenvalue weighted by Gasteiger charge is -2.26. The van der Waals surface area contributed by atoms with Crippen LogP contribution in [0.2, 0.25) is 0 Å². The Bertz CT molecular complexity index is 642. The summed E-state index contributed by atoms with van der Waals surface area (Å²) in [5.74, 6) is -1.57. The van der Waals surface area contributed by atoms with Gasteiger partial charge in [0.15, 0.2) is 6.10 Å². The van der Waals surface area contributed by atoms with Gasteiger partial charge in [-0.2, -0.15) is 5.26 Å². The average Bonchev–Trinajstić information content (AvgIpc) is 3.01. The standard InChI is InChI=1S/C16H16N2O5/c1-3-21-14(19)16(15(20)22-4-2)10-18-23-13(16)12-7-5-11(9-17)6-8-12/h5-8,10,13H,3-4H2,1-2H3. The molecule has 7 heteroatoms. The molecular formula is C16H16N2O5. The summed E-state index contributed by atoms with van der Waals surface area (Å²) >= 11 is 0. The molecule has 0 saturated carbocycles. The molecule has 1 aromatic carbocycles. The Labute approximate surface area is 133 Å². The van der Waals surface area contributed by atoms with E-state index in [2.05, 4.69) is 5.16 Å². The fourth-order valence-electron chi connectivity index (χ4n) is 2.29. The first-order valence-corrected chi connectivity index (χ1v) is 7.15. The molecule has 120 valence electrons. The van der Waals surface area contributed by atoms with Crippen molar-refractivity contribution in [2.75, 3.05) is 13.2 Å². The highest BCUT2D eigenvalue weighted by Gasteiger charge is 2.59. The van der Waals surface area contributed by atoms with Crippen LogP contribution in [0.5, 0.6) is 0 Å². The second-order valence-electron chi connectivity index (χ2n) is 4.76. The SMILES string of the molecule is CCOC(=O)C1(C(=O)OCC)C=NOC1c1ccc(C#N)cc1. The molecule has 0 bridgehead atoms. The van der Waals surface area contributed by atoms with Crippen molar-refractivity contribution < 1.29 is 23.9 Å². The number of benzene rings is 1. The molecular weight excluding hydrogens is 300 g/mol. The molecule has 23 heavy (non-hydrogen) atoms. The van der Waals surface area contributed by atoms with Crippen LogP contribution in [-0.4, -0.2) is 31.4 Å². The number of nitriles is 1. The number of carbonyl (C=O) groups excluding carboxylic acids is 2. The second-order valence-corrected chi connectivity index (χ2v) is 4.76. The Kier molecular flexibility index (Phi) is 4.96. The summed E-state index contributed by atoms with van der Waals surface area (Å²) in [5, 5.41) is 12.5. The van der Waals surface area contributed by atoms with Gasteiger partial charge in [-0.1, -0.05) is 17.3 Å². The number of esters is 2. The van der Waals surface area contributed by atoms with E-state index in [0.29, 0.717) is 11.1 Å². The van der Waals surface area contributed by atoms with Crippen molar-refractivity contribution in [2.45, 2.75) is 20.0 Å². The van der Waals surface area contributed by atoms with E-state index >= 15 is 0 Å². The molecule has 1 heterocycles. The minimum absolute atomic E-state index is 0.105. The first-order valence-electron chi connectivity index (χ1n) is 7.15. The molecule has 1 atom stereocenters. The molecule has 1 aromatic rings. The molecule has 1 aliphatic rings. The van der Waals surface area contributed by atoms with Crippen LogP contribution in [0.1, 0.15) is 31.1 Å². The maximum absolute atomic E-state index is 12.4. The lowest BCUT2D eigenvalue weighted by atomic mass is 9.80. The number of hydrogen-bond donors (Lipinski definition) is 0. The molecule has 0 saturated heterocycles. The Morgan fingerprint density at radius 2 is 1.78 bits per heavy atom. The third kappa shape index (κ3) is 2.88. The van der Waals surface area contributed by atoms with Gasteiger partial charge in [0.1, 0.15) is 0 Å². The molecule has 0 aliphatic carbocycles. The second kappa shape index (κ2) is 6.92. The highest BCUT2D eigenvalue weighted by atomic mass is 16.7. The van der Waals surface area contributed by atoms with Crippen LogP contribution in [0.3, 0.4) is 0 Å². The van der Waals surface area contributed by atoms with E-state index in [-0.39, 0.29) is 13.2 Å². The van der Waals surface area contributed by atoms with Crippen LogP contribution >= 0.6 is 0 Å². The van der Waals surface area contributed by atoms with Crippen molar-refractivity contribution in [3.8, 4) is 6.07 Å². The summed E-state index contributed by atoms with van der Waals surface area (Å²) < 4.78 is 10.1. The molecule has 0 fully saturated rings. The van der Waals surface area contributed by atoms with Gasteiger partial charge in [0.25, 0.3) is 0 Å². The summed E-state index contributed by atoms with van der Waals surface area (Å²) in [6.45, 7) is 3.49. The lowest BCUT2D eigenvalue weighted by Crippen LogP contribution is -2.46. The zero-order chi connectivity index (χ0) is 16.9. The zero-order valence-corrected chi connectivity index (χ0v) is 12.8. The van der Waals surface area contributed by atoms with Gasteiger partial charge >= 0.3 is 11.9 Å². The monoisotopic (exact) mass is 316 g/mol. The van der Waals surface area contributed by atoms with Crippen molar-refractivity contribution in [1.82, 2.24) is 0 Å². The first-order chi connectivity index (χ1) is 11.1. The summed E-state index contributed by atoms with van der Waals surface area (Å²) in [7, 11) is 0. The van der Waals surface area contributed by atoms with Crippen LogP contribution in [0, 0.1) is 16.7 Å². The topological polar surface area (TPSA) is 98.0 Å². The predicted molar refractivity (Wildman–Crippen MR) is 79.2 cm³/mol. The number of rotatable bonds is 5. The van der Waals surface area contributed by atoms with Crippen molar-refractivity contribution >= 4 is 18.2 Å². The van der Waals surface area contributed by atoms with Crippen molar-refractivity contribution in [2.24, 2.45) is 10.6 Å². The minimum atomic E-state index is -1.79. The van der Waals surface area contributed by atoms with E-state index in [1.807, 2.05) is 6.07 Å². The minimum Gasteiger partial charge on any atom is -0.465 e. The van der Waals surface area contributed by atoms with E-state index in [1.165, 1.54) is 0 Å². The smallest absolute Gasteiger partial charge is 0.333 e. The normalized spacial score (nSPS) is 17.9. The molecule has 0 spiro atoms. The number of hydrogen-bond acceptors (Lipinski definition) is 7. The highest BCUT2D eigenvalue weighted by Crippen LogP contribution is 2.42. The first kappa shape index (κ1) is 16.5. The number of ether oxygens (including phenoxy) is 2. The number of nitrogens with zero attached hydrogens (tertiary/aromatic N) is 2. The molecule has 0 amide bonds. The van der Waals surface area contributed by atoms with Gasteiger partial charge in [-0.05, 0) is 31.5 Å². The Morgan fingerprint density at radius 3 is 2.26 bits per heavy atom. The summed E-state index contributed by atoms with van der Waals surface area (Å²) in [4.78, 5) is 30.1. The van der Waals surface area contributed by atoms with E-state index in [4.69, 9.17) is 19.6 Å². The molecule has 2 rings (SSSR count). The van der Waals surface area contributed by atoms with Gasteiger partial charge in [-0.3, -0.25) is 9.59 Å². The van der Waals surface area contributed by atoms with E-state index in [1.54, 1.807) is 38.1 Å². The van der Waals surface area contributed by atoms with Crippen LogP contribution < -0.4 is 0 Å². The van der Waals surface area contributed by atoms with Crippen molar-refractivity contribution in [3.05, 3.63) is 35.4 Å².